The van der Waals surface area contributed by atoms with Crippen LogP contribution in [-0.4, -0.2) is 53.7 Å². The van der Waals surface area contributed by atoms with E-state index in [9.17, 15) is 0 Å². The van der Waals surface area contributed by atoms with Gasteiger partial charge in [0.25, 0.3) is 0 Å². The summed E-state index contributed by atoms with van der Waals surface area (Å²) in [5.74, 6) is 2.61. The van der Waals surface area contributed by atoms with Crippen molar-refractivity contribution in [2.75, 3.05) is 42.8 Å². The highest BCUT2D eigenvalue weighted by Crippen LogP contribution is 2.24. The fourth-order valence-electron chi connectivity index (χ4n) is 3.07. The molecule has 2 heterocycles. The number of nitrogens with zero attached hydrogens (tertiary/aromatic N) is 3. The lowest BCUT2D eigenvalue weighted by Crippen LogP contribution is -2.37. The lowest BCUT2D eigenvalue weighted by Gasteiger charge is -2.28. The third kappa shape index (κ3) is 5.12. The van der Waals surface area contributed by atoms with Crippen LogP contribution in [0.15, 0.2) is 30.3 Å². The molecule has 0 atom stereocenters. The van der Waals surface area contributed by atoms with E-state index in [1.165, 1.54) is 12.8 Å². The van der Waals surface area contributed by atoms with Gasteiger partial charge in [-0.15, -0.1) is 0 Å². The number of aromatic nitrogens is 2. The van der Waals surface area contributed by atoms with Gasteiger partial charge in [0.1, 0.15) is 5.82 Å². The number of hydrogen-bond acceptors (Lipinski definition) is 6. The molecule has 28 heavy (non-hydrogen) atoms. The fraction of sp³-hybridized carbons (Fsp3) is 0.450. The second-order valence-electron chi connectivity index (χ2n) is 7.02. The first-order chi connectivity index (χ1) is 13.7. The molecular weight excluding hydrogens is 390 g/mol. The maximum atomic E-state index is 5.47. The SMILES string of the molecule is CSCc1cc(N2CCOCC2)nc(-c2ccc(NC(=S)NC3CC3)cc2)n1. The van der Waals surface area contributed by atoms with Crippen LogP contribution in [0.5, 0.6) is 0 Å². The van der Waals surface area contributed by atoms with Crippen LogP contribution in [0.1, 0.15) is 18.5 Å². The lowest BCUT2D eigenvalue weighted by molar-refractivity contribution is 0.122. The van der Waals surface area contributed by atoms with Crippen molar-refractivity contribution in [1.82, 2.24) is 15.3 Å². The molecule has 1 aliphatic heterocycles. The molecule has 2 aliphatic rings. The summed E-state index contributed by atoms with van der Waals surface area (Å²) in [6.07, 6.45) is 4.50. The standard InChI is InChI=1S/C20H25N5OS2/c1-28-13-17-12-18(25-8-10-26-11-9-25)24-19(21-17)14-2-4-15(5-3-14)22-20(27)23-16-6-7-16/h2-5,12,16H,6-11,13H2,1H3,(H2,22,23,27). The highest BCUT2D eigenvalue weighted by molar-refractivity contribution is 7.97. The number of ether oxygens (including phenoxy) is 1. The Morgan fingerprint density at radius 3 is 2.64 bits per heavy atom. The molecule has 148 valence electrons. The van der Waals surface area contributed by atoms with E-state index in [0.29, 0.717) is 11.2 Å². The Morgan fingerprint density at radius 2 is 1.96 bits per heavy atom. The molecule has 1 aromatic heterocycles. The molecule has 6 nitrogen and oxygen atoms in total. The van der Waals surface area contributed by atoms with E-state index in [2.05, 4.69) is 27.9 Å². The summed E-state index contributed by atoms with van der Waals surface area (Å²) < 4.78 is 5.47. The Labute approximate surface area is 175 Å². The van der Waals surface area contributed by atoms with Crippen molar-refractivity contribution < 1.29 is 4.74 Å². The zero-order valence-corrected chi connectivity index (χ0v) is 17.6. The van der Waals surface area contributed by atoms with Gasteiger partial charge in [0, 0.05) is 42.2 Å². The van der Waals surface area contributed by atoms with E-state index in [1.807, 2.05) is 24.3 Å². The van der Waals surface area contributed by atoms with Crippen molar-refractivity contribution in [3.63, 3.8) is 0 Å². The van der Waals surface area contributed by atoms with Crippen LogP contribution in [0, 0.1) is 0 Å². The van der Waals surface area contributed by atoms with Gasteiger partial charge in [-0.1, -0.05) is 0 Å². The minimum atomic E-state index is 0.547. The molecule has 4 rings (SSSR count). The van der Waals surface area contributed by atoms with Crippen LogP contribution in [0.2, 0.25) is 0 Å². The quantitative estimate of drug-likeness (QED) is 0.697. The molecular formula is C20H25N5OS2. The topological polar surface area (TPSA) is 62.3 Å². The summed E-state index contributed by atoms with van der Waals surface area (Å²) in [5.41, 5.74) is 3.02. The molecule has 0 unspecified atom stereocenters. The van der Waals surface area contributed by atoms with Crippen LogP contribution in [-0.2, 0) is 10.5 Å². The van der Waals surface area contributed by atoms with Crippen LogP contribution in [0.4, 0.5) is 11.5 Å². The first-order valence-corrected chi connectivity index (χ1v) is 11.4. The second kappa shape index (κ2) is 9.07. The molecule has 1 aromatic carbocycles. The fourth-order valence-corrected chi connectivity index (χ4v) is 3.80. The minimum Gasteiger partial charge on any atom is -0.378 e. The molecule has 1 saturated carbocycles. The molecule has 0 radical (unpaired) electrons. The van der Waals surface area contributed by atoms with Gasteiger partial charge >= 0.3 is 0 Å². The summed E-state index contributed by atoms with van der Waals surface area (Å²) in [6.45, 7) is 3.21. The molecule has 0 amide bonds. The van der Waals surface area contributed by atoms with Crippen molar-refractivity contribution in [2.45, 2.75) is 24.6 Å². The highest BCUT2D eigenvalue weighted by Gasteiger charge is 2.21. The minimum absolute atomic E-state index is 0.547. The molecule has 0 bridgehead atoms. The Bertz CT molecular complexity index is 820. The number of benzene rings is 1. The van der Waals surface area contributed by atoms with E-state index in [-0.39, 0.29) is 0 Å². The molecule has 2 aromatic rings. The normalized spacial score (nSPS) is 16.7. The predicted octanol–water partition coefficient (Wildman–Crippen LogP) is 3.29. The van der Waals surface area contributed by atoms with E-state index in [0.717, 1.165) is 60.6 Å². The number of nitrogens with one attached hydrogen (secondary N) is 2. The van der Waals surface area contributed by atoms with E-state index in [4.69, 9.17) is 26.9 Å². The van der Waals surface area contributed by atoms with Crippen LogP contribution >= 0.6 is 24.0 Å². The number of morpholine rings is 1. The Kier molecular flexibility index (Phi) is 6.29. The van der Waals surface area contributed by atoms with Gasteiger partial charge in [-0.25, -0.2) is 9.97 Å². The van der Waals surface area contributed by atoms with E-state index < -0.39 is 0 Å². The Balaban J connectivity index is 1.52. The molecule has 1 aliphatic carbocycles. The highest BCUT2D eigenvalue weighted by atomic mass is 32.2. The first kappa shape index (κ1) is 19.4. The average molecular weight is 416 g/mol. The summed E-state index contributed by atoms with van der Waals surface area (Å²) in [4.78, 5) is 11.9. The Hall–Kier alpha value is -1.90. The summed E-state index contributed by atoms with van der Waals surface area (Å²) >= 11 is 7.12. The van der Waals surface area contributed by atoms with Gasteiger partial charge in [0.05, 0.1) is 18.9 Å². The monoisotopic (exact) mass is 415 g/mol. The van der Waals surface area contributed by atoms with Gasteiger partial charge in [-0.05, 0) is 55.6 Å². The third-order valence-corrected chi connectivity index (χ3v) is 5.51. The number of rotatable bonds is 6. The van der Waals surface area contributed by atoms with Crippen molar-refractivity contribution >= 4 is 40.6 Å². The molecule has 0 spiro atoms. The maximum absolute atomic E-state index is 5.47. The van der Waals surface area contributed by atoms with Gasteiger partial charge in [-0.3, -0.25) is 0 Å². The maximum Gasteiger partial charge on any atom is 0.170 e. The average Bonchev–Trinajstić information content (AvgIpc) is 3.53. The second-order valence-corrected chi connectivity index (χ2v) is 8.30. The van der Waals surface area contributed by atoms with E-state index in [1.54, 1.807) is 11.8 Å². The molecule has 2 N–H and O–H groups in total. The van der Waals surface area contributed by atoms with Crippen molar-refractivity contribution in [3.8, 4) is 11.4 Å². The molecule has 1 saturated heterocycles. The van der Waals surface area contributed by atoms with Gasteiger partial charge in [0.15, 0.2) is 10.9 Å². The van der Waals surface area contributed by atoms with Crippen LogP contribution < -0.4 is 15.5 Å². The largest absolute Gasteiger partial charge is 0.378 e. The van der Waals surface area contributed by atoms with Crippen molar-refractivity contribution in [2.24, 2.45) is 0 Å². The number of anilines is 2. The zero-order valence-electron chi connectivity index (χ0n) is 16.0. The van der Waals surface area contributed by atoms with E-state index >= 15 is 0 Å². The summed E-state index contributed by atoms with van der Waals surface area (Å²) in [6, 6.07) is 10.8. The van der Waals surface area contributed by atoms with Gasteiger partial charge < -0.3 is 20.3 Å². The number of hydrogen-bond donors (Lipinski definition) is 2. The van der Waals surface area contributed by atoms with Crippen LogP contribution in [0.25, 0.3) is 11.4 Å². The lowest BCUT2D eigenvalue weighted by atomic mass is 10.2. The van der Waals surface area contributed by atoms with Crippen molar-refractivity contribution in [3.05, 3.63) is 36.0 Å². The predicted molar refractivity (Wildman–Crippen MR) is 120 cm³/mol. The number of thioether (sulfide) groups is 1. The first-order valence-electron chi connectivity index (χ1n) is 9.59. The summed E-state index contributed by atoms with van der Waals surface area (Å²) in [5, 5.41) is 7.22. The van der Waals surface area contributed by atoms with Gasteiger partial charge in [-0.2, -0.15) is 11.8 Å². The number of thiocarbonyl (C=S) groups is 1. The third-order valence-electron chi connectivity index (χ3n) is 4.71. The molecule has 2 fully saturated rings. The smallest absolute Gasteiger partial charge is 0.170 e. The van der Waals surface area contributed by atoms with Crippen molar-refractivity contribution in [1.29, 1.82) is 0 Å². The van der Waals surface area contributed by atoms with Gasteiger partial charge in [0.2, 0.25) is 0 Å². The summed E-state index contributed by atoms with van der Waals surface area (Å²) in [7, 11) is 0. The Morgan fingerprint density at radius 1 is 1.21 bits per heavy atom. The van der Waals surface area contributed by atoms with Crippen LogP contribution in [0.3, 0.4) is 0 Å². The molecule has 8 heteroatoms. The zero-order chi connectivity index (χ0) is 19.3.